The molecule has 6 heteroatoms. The van der Waals surface area contributed by atoms with E-state index in [9.17, 15) is 0 Å². The maximum atomic E-state index is 4.58. The van der Waals surface area contributed by atoms with Gasteiger partial charge in [0.25, 0.3) is 0 Å². The molecule has 0 atom stereocenters. The number of anilines is 1. The molecular weight excluding hydrogens is 286 g/mol. The molecule has 0 radical (unpaired) electrons. The lowest BCUT2D eigenvalue weighted by Gasteiger charge is -2.04. The van der Waals surface area contributed by atoms with Gasteiger partial charge in [0.05, 0.1) is 11.4 Å². The second-order valence-electron chi connectivity index (χ2n) is 5.71. The van der Waals surface area contributed by atoms with Crippen molar-refractivity contribution >= 4 is 18.2 Å². The average Bonchev–Trinajstić information content (AvgIpc) is 3.11. The number of halogens is 1. The van der Waals surface area contributed by atoms with Crippen LogP contribution in [0.25, 0.3) is 0 Å². The van der Waals surface area contributed by atoms with Gasteiger partial charge in [0, 0.05) is 43.9 Å². The lowest BCUT2D eigenvalue weighted by molar-refractivity contribution is 0.598. The van der Waals surface area contributed by atoms with Crippen LogP contribution in [0.15, 0.2) is 12.3 Å². The standard InChI is InChI=1S/C15H23N5.ClH/c1-4-7-20-10-13(11(2)17-20)9-16-15-8-14(12-5-6-12)18-19(15)3;/h8,10,12,16H,4-7,9H2,1-3H3;1H. The Labute approximate surface area is 132 Å². The molecule has 0 saturated heterocycles. The Balaban J connectivity index is 0.00000161. The summed E-state index contributed by atoms with van der Waals surface area (Å²) in [5.41, 5.74) is 3.59. The van der Waals surface area contributed by atoms with E-state index in [4.69, 9.17) is 0 Å². The maximum Gasteiger partial charge on any atom is 0.124 e. The zero-order valence-electron chi connectivity index (χ0n) is 13.0. The normalized spacial score (nSPS) is 14.0. The zero-order valence-corrected chi connectivity index (χ0v) is 13.8. The molecule has 0 spiro atoms. The second kappa shape index (κ2) is 6.52. The van der Waals surface area contributed by atoms with Gasteiger partial charge in [-0.05, 0) is 26.2 Å². The molecule has 2 aromatic rings. The number of nitrogens with one attached hydrogen (secondary N) is 1. The van der Waals surface area contributed by atoms with Gasteiger partial charge in [0.1, 0.15) is 5.82 Å². The van der Waals surface area contributed by atoms with Crippen LogP contribution >= 0.6 is 12.4 Å². The summed E-state index contributed by atoms with van der Waals surface area (Å²) in [4.78, 5) is 0. The lowest BCUT2D eigenvalue weighted by Crippen LogP contribution is -2.04. The zero-order chi connectivity index (χ0) is 14.1. The third-order valence-corrected chi connectivity index (χ3v) is 3.86. The van der Waals surface area contributed by atoms with Crippen LogP contribution in [-0.2, 0) is 20.1 Å². The summed E-state index contributed by atoms with van der Waals surface area (Å²) in [7, 11) is 2.00. The van der Waals surface area contributed by atoms with Crippen molar-refractivity contribution < 1.29 is 0 Å². The number of rotatable bonds is 6. The largest absolute Gasteiger partial charge is 0.366 e. The molecule has 1 aliphatic carbocycles. The number of hydrogen-bond donors (Lipinski definition) is 1. The molecule has 2 aromatic heterocycles. The Hall–Kier alpha value is -1.49. The average molecular weight is 310 g/mol. The maximum absolute atomic E-state index is 4.58. The van der Waals surface area contributed by atoms with E-state index in [1.54, 1.807) is 0 Å². The summed E-state index contributed by atoms with van der Waals surface area (Å²) < 4.78 is 3.98. The SMILES string of the molecule is CCCn1cc(CNc2cc(C3CC3)nn2C)c(C)n1.Cl. The molecule has 0 unspecified atom stereocenters. The first-order chi connectivity index (χ1) is 9.67. The topological polar surface area (TPSA) is 47.7 Å². The minimum Gasteiger partial charge on any atom is -0.366 e. The van der Waals surface area contributed by atoms with Crippen LogP contribution in [0.1, 0.15) is 49.1 Å². The second-order valence-corrected chi connectivity index (χ2v) is 5.71. The van der Waals surface area contributed by atoms with Crippen molar-refractivity contribution in [1.29, 1.82) is 0 Å². The van der Waals surface area contributed by atoms with Gasteiger partial charge in [-0.2, -0.15) is 10.2 Å². The van der Waals surface area contributed by atoms with Crippen LogP contribution < -0.4 is 5.32 Å². The van der Waals surface area contributed by atoms with E-state index in [1.165, 1.54) is 24.1 Å². The highest BCUT2D eigenvalue weighted by Crippen LogP contribution is 2.39. The van der Waals surface area contributed by atoms with Crippen molar-refractivity contribution in [2.75, 3.05) is 5.32 Å². The van der Waals surface area contributed by atoms with E-state index < -0.39 is 0 Å². The van der Waals surface area contributed by atoms with Crippen molar-refractivity contribution in [3.05, 3.63) is 29.2 Å². The van der Waals surface area contributed by atoms with Crippen molar-refractivity contribution in [3.63, 3.8) is 0 Å². The van der Waals surface area contributed by atoms with Gasteiger partial charge in [-0.3, -0.25) is 9.36 Å². The van der Waals surface area contributed by atoms with Crippen molar-refractivity contribution in [3.8, 4) is 0 Å². The van der Waals surface area contributed by atoms with Gasteiger partial charge in [-0.25, -0.2) is 0 Å². The molecule has 0 aromatic carbocycles. The van der Waals surface area contributed by atoms with Crippen LogP contribution in [0.2, 0.25) is 0 Å². The molecular formula is C15H24ClN5. The summed E-state index contributed by atoms with van der Waals surface area (Å²) in [5.74, 6) is 1.79. The highest BCUT2D eigenvalue weighted by Gasteiger charge is 2.26. The summed E-state index contributed by atoms with van der Waals surface area (Å²) in [6.07, 6.45) is 5.84. The van der Waals surface area contributed by atoms with Gasteiger partial charge >= 0.3 is 0 Å². The first-order valence-corrected chi connectivity index (χ1v) is 7.48. The van der Waals surface area contributed by atoms with Gasteiger partial charge < -0.3 is 5.32 Å². The van der Waals surface area contributed by atoms with Gasteiger partial charge in [0.15, 0.2) is 0 Å². The van der Waals surface area contributed by atoms with Crippen LogP contribution in [0.3, 0.4) is 0 Å². The van der Waals surface area contributed by atoms with Gasteiger partial charge in [-0.1, -0.05) is 6.92 Å². The minimum atomic E-state index is 0. The van der Waals surface area contributed by atoms with Gasteiger partial charge in [-0.15, -0.1) is 12.4 Å². The Bertz CT molecular complexity index is 597. The molecule has 1 N–H and O–H groups in total. The lowest BCUT2D eigenvalue weighted by atomic mass is 10.2. The molecule has 116 valence electrons. The summed E-state index contributed by atoms with van der Waals surface area (Å²) in [6.45, 7) is 6.03. The van der Waals surface area contributed by atoms with E-state index in [2.05, 4.69) is 41.6 Å². The fraction of sp³-hybridized carbons (Fsp3) is 0.600. The molecule has 21 heavy (non-hydrogen) atoms. The van der Waals surface area contributed by atoms with Crippen molar-refractivity contribution in [2.24, 2.45) is 7.05 Å². The smallest absolute Gasteiger partial charge is 0.124 e. The molecule has 5 nitrogen and oxygen atoms in total. The summed E-state index contributed by atoms with van der Waals surface area (Å²) in [6, 6.07) is 2.18. The molecule has 1 aliphatic rings. The summed E-state index contributed by atoms with van der Waals surface area (Å²) in [5, 5.41) is 12.6. The molecule has 1 saturated carbocycles. The van der Waals surface area contributed by atoms with E-state index in [-0.39, 0.29) is 12.4 Å². The molecule has 0 amide bonds. The fourth-order valence-electron chi connectivity index (χ4n) is 2.50. The Morgan fingerprint density at radius 1 is 1.33 bits per heavy atom. The molecule has 1 fully saturated rings. The van der Waals surface area contributed by atoms with E-state index in [1.807, 2.05) is 16.4 Å². The van der Waals surface area contributed by atoms with Crippen molar-refractivity contribution in [1.82, 2.24) is 19.6 Å². The Kier molecular flexibility index (Phi) is 4.93. The van der Waals surface area contributed by atoms with Crippen LogP contribution in [-0.4, -0.2) is 19.6 Å². The molecule has 0 aliphatic heterocycles. The molecule has 2 heterocycles. The third kappa shape index (κ3) is 3.59. The first kappa shape index (κ1) is 15.9. The summed E-state index contributed by atoms with van der Waals surface area (Å²) >= 11 is 0. The van der Waals surface area contributed by atoms with Crippen molar-refractivity contribution in [2.45, 2.75) is 52.1 Å². The van der Waals surface area contributed by atoms with Crippen LogP contribution in [0.4, 0.5) is 5.82 Å². The Morgan fingerprint density at radius 2 is 2.10 bits per heavy atom. The highest BCUT2D eigenvalue weighted by atomic mass is 35.5. The van der Waals surface area contributed by atoms with Gasteiger partial charge in [0.2, 0.25) is 0 Å². The number of hydrogen-bond acceptors (Lipinski definition) is 3. The Morgan fingerprint density at radius 3 is 2.76 bits per heavy atom. The third-order valence-electron chi connectivity index (χ3n) is 3.86. The first-order valence-electron chi connectivity index (χ1n) is 7.48. The minimum absolute atomic E-state index is 0. The fourth-order valence-corrected chi connectivity index (χ4v) is 2.50. The molecule has 3 rings (SSSR count). The molecule has 0 bridgehead atoms. The monoisotopic (exact) mass is 309 g/mol. The highest BCUT2D eigenvalue weighted by molar-refractivity contribution is 5.85. The van der Waals surface area contributed by atoms with Crippen LogP contribution in [0.5, 0.6) is 0 Å². The number of aromatic nitrogens is 4. The number of aryl methyl sites for hydroxylation is 3. The van der Waals surface area contributed by atoms with E-state index in [0.29, 0.717) is 5.92 Å². The van der Waals surface area contributed by atoms with Crippen LogP contribution in [0, 0.1) is 6.92 Å². The quantitative estimate of drug-likeness (QED) is 0.891. The van der Waals surface area contributed by atoms with E-state index >= 15 is 0 Å². The predicted octanol–water partition coefficient (Wildman–Crippen LogP) is 3.25. The van der Waals surface area contributed by atoms with E-state index in [0.717, 1.165) is 31.0 Å². The predicted molar refractivity (Wildman–Crippen MR) is 87.0 cm³/mol. The number of nitrogens with zero attached hydrogens (tertiary/aromatic N) is 4.